The lowest BCUT2D eigenvalue weighted by Gasteiger charge is -2.15. The molecule has 0 fully saturated rings. The third-order valence-electron chi connectivity index (χ3n) is 2.64. The molecule has 0 heterocycles. The average Bonchev–Trinajstić information content (AvgIpc) is 2.23. The number of rotatable bonds is 5. The molecule has 0 aliphatic carbocycles. The first-order valence-corrected chi connectivity index (χ1v) is 5.76. The fourth-order valence-electron chi connectivity index (χ4n) is 1.60. The van der Waals surface area contributed by atoms with Crippen LogP contribution in [-0.4, -0.2) is 6.04 Å². The maximum absolute atomic E-state index is 13.5. The van der Waals surface area contributed by atoms with Gasteiger partial charge >= 0.3 is 0 Å². The van der Waals surface area contributed by atoms with Crippen LogP contribution in [0.5, 0.6) is 0 Å². The van der Waals surface area contributed by atoms with Crippen LogP contribution in [0.1, 0.15) is 38.7 Å². The Morgan fingerprint density at radius 2 is 1.94 bits per heavy atom. The smallest absolute Gasteiger partial charge is 0.146 e. The molecule has 3 heteroatoms. The van der Waals surface area contributed by atoms with Gasteiger partial charge in [0.1, 0.15) is 11.6 Å². The summed E-state index contributed by atoms with van der Waals surface area (Å²) in [5, 5.41) is 3.00. The standard InChI is InChI=1S/C13H19F2N/c1-4-5-6-10(3)16-13-8-11(14)9(2)7-12(13)15/h7-8,10,16H,4-6H2,1-3H3. The lowest BCUT2D eigenvalue weighted by molar-refractivity contribution is 0.587. The molecular weight excluding hydrogens is 208 g/mol. The number of hydrogen-bond acceptors (Lipinski definition) is 1. The van der Waals surface area contributed by atoms with Gasteiger partial charge in [-0.2, -0.15) is 0 Å². The largest absolute Gasteiger partial charge is 0.380 e. The highest BCUT2D eigenvalue weighted by Gasteiger charge is 2.09. The Bertz CT molecular complexity index is 350. The topological polar surface area (TPSA) is 12.0 Å². The van der Waals surface area contributed by atoms with Crippen LogP contribution in [0, 0.1) is 18.6 Å². The minimum absolute atomic E-state index is 0.163. The fourth-order valence-corrected chi connectivity index (χ4v) is 1.60. The van der Waals surface area contributed by atoms with Crippen molar-refractivity contribution < 1.29 is 8.78 Å². The molecule has 1 rings (SSSR count). The van der Waals surface area contributed by atoms with Crippen molar-refractivity contribution in [1.29, 1.82) is 0 Å². The van der Waals surface area contributed by atoms with Crippen LogP contribution < -0.4 is 5.32 Å². The van der Waals surface area contributed by atoms with E-state index in [-0.39, 0.29) is 23.4 Å². The zero-order valence-electron chi connectivity index (χ0n) is 10.1. The molecule has 16 heavy (non-hydrogen) atoms. The van der Waals surface area contributed by atoms with Gasteiger partial charge in [-0.25, -0.2) is 8.78 Å². The molecular formula is C13H19F2N. The van der Waals surface area contributed by atoms with E-state index in [2.05, 4.69) is 12.2 Å². The van der Waals surface area contributed by atoms with Crippen LogP contribution in [0.2, 0.25) is 0 Å². The Hall–Kier alpha value is -1.12. The zero-order valence-corrected chi connectivity index (χ0v) is 10.1. The molecule has 1 atom stereocenters. The van der Waals surface area contributed by atoms with Gasteiger partial charge in [0.05, 0.1) is 5.69 Å². The predicted molar refractivity (Wildman–Crippen MR) is 63.7 cm³/mol. The lowest BCUT2D eigenvalue weighted by Crippen LogP contribution is -2.16. The molecule has 0 radical (unpaired) electrons. The summed E-state index contributed by atoms with van der Waals surface area (Å²) in [6, 6.07) is 2.62. The second-order valence-corrected chi connectivity index (χ2v) is 4.27. The number of hydrogen-bond donors (Lipinski definition) is 1. The Morgan fingerprint density at radius 1 is 1.25 bits per heavy atom. The molecule has 1 aromatic rings. The molecule has 0 saturated heterocycles. The van der Waals surface area contributed by atoms with Gasteiger partial charge < -0.3 is 5.32 Å². The number of benzene rings is 1. The van der Waals surface area contributed by atoms with Gasteiger partial charge in [0, 0.05) is 12.1 Å². The third kappa shape index (κ3) is 3.47. The lowest BCUT2D eigenvalue weighted by atomic mass is 10.1. The molecule has 0 amide bonds. The summed E-state index contributed by atoms with van der Waals surface area (Å²) in [6.07, 6.45) is 3.16. The molecule has 90 valence electrons. The van der Waals surface area contributed by atoms with Crippen molar-refractivity contribution in [2.75, 3.05) is 5.32 Å². The minimum atomic E-state index is -0.387. The zero-order chi connectivity index (χ0) is 12.1. The van der Waals surface area contributed by atoms with Crippen LogP contribution in [-0.2, 0) is 0 Å². The van der Waals surface area contributed by atoms with Crippen molar-refractivity contribution in [3.05, 3.63) is 29.3 Å². The minimum Gasteiger partial charge on any atom is -0.380 e. The SMILES string of the molecule is CCCCC(C)Nc1cc(F)c(C)cc1F. The van der Waals surface area contributed by atoms with E-state index in [0.717, 1.165) is 19.3 Å². The van der Waals surface area contributed by atoms with E-state index in [1.807, 2.05) is 6.92 Å². The summed E-state index contributed by atoms with van der Waals surface area (Å²) in [4.78, 5) is 0. The molecule has 1 nitrogen and oxygen atoms in total. The monoisotopic (exact) mass is 227 g/mol. The predicted octanol–water partition coefficient (Wildman–Crippen LogP) is 4.26. The van der Waals surface area contributed by atoms with Crippen LogP contribution in [0.3, 0.4) is 0 Å². The summed E-state index contributed by atoms with van der Waals surface area (Å²) in [5.74, 6) is -0.756. The van der Waals surface area contributed by atoms with Gasteiger partial charge in [-0.05, 0) is 31.9 Å². The Balaban J connectivity index is 2.69. The number of aryl methyl sites for hydroxylation is 1. The van der Waals surface area contributed by atoms with Crippen LogP contribution in [0.15, 0.2) is 12.1 Å². The van der Waals surface area contributed by atoms with E-state index in [4.69, 9.17) is 0 Å². The average molecular weight is 227 g/mol. The molecule has 1 unspecified atom stereocenters. The van der Waals surface area contributed by atoms with Crippen LogP contribution in [0.25, 0.3) is 0 Å². The van der Waals surface area contributed by atoms with Gasteiger partial charge in [-0.15, -0.1) is 0 Å². The highest BCUT2D eigenvalue weighted by molar-refractivity contribution is 5.47. The first-order valence-electron chi connectivity index (χ1n) is 5.76. The maximum Gasteiger partial charge on any atom is 0.146 e. The van der Waals surface area contributed by atoms with Crippen molar-refractivity contribution in [3.63, 3.8) is 0 Å². The first-order chi connectivity index (χ1) is 7.54. The molecule has 0 aliphatic rings. The van der Waals surface area contributed by atoms with E-state index >= 15 is 0 Å². The molecule has 0 spiro atoms. The molecule has 0 aromatic heterocycles. The number of nitrogens with one attached hydrogen (secondary N) is 1. The Kier molecular flexibility index (Phi) is 4.71. The maximum atomic E-state index is 13.5. The fraction of sp³-hybridized carbons (Fsp3) is 0.538. The normalized spacial score (nSPS) is 12.6. The molecule has 1 aromatic carbocycles. The second-order valence-electron chi connectivity index (χ2n) is 4.27. The summed E-state index contributed by atoms with van der Waals surface area (Å²) in [7, 11) is 0. The summed E-state index contributed by atoms with van der Waals surface area (Å²) < 4.78 is 26.7. The summed E-state index contributed by atoms with van der Waals surface area (Å²) in [6.45, 7) is 5.65. The number of unbranched alkanes of at least 4 members (excludes halogenated alkanes) is 1. The molecule has 1 N–H and O–H groups in total. The highest BCUT2D eigenvalue weighted by Crippen LogP contribution is 2.20. The van der Waals surface area contributed by atoms with Gasteiger partial charge in [-0.3, -0.25) is 0 Å². The van der Waals surface area contributed by atoms with Gasteiger partial charge in [0.15, 0.2) is 0 Å². The Labute approximate surface area is 95.9 Å². The van der Waals surface area contributed by atoms with Crippen molar-refractivity contribution in [2.24, 2.45) is 0 Å². The van der Waals surface area contributed by atoms with Crippen LogP contribution >= 0.6 is 0 Å². The van der Waals surface area contributed by atoms with Crippen molar-refractivity contribution in [1.82, 2.24) is 0 Å². The molecule has 0 saturated carbocycles. The highest BCUT2D eigenvalue weighted by atomic mass is 19.1. The Morgan fingerprint density at radius 3 is 2.56 bits per heavy atom. The number of anilines is 1. The molecule has 0 bridgehead atoms. The van der Waals surface area contributed by atoms with Gasteiger partial charge in [0.2, 0.25) is 0 Å². The van der Waals surface area contributed by atoms with Crippen molar-refractivity contribution in [2.45, 2.75) is 46.1 Å². The van der Waals surface area contributed by atoms with Gasteiger partial charge in [-0.1, -0.05) is 19.8 Å². The number of halogens is 2. The molecule has 0 aliphatic heterocycles. The summed E-state index contributed by atoms with van der Waals surface area (Å²) in [5.41, 5.74) is 0.593. The van der Waals surface area contributed by atoms with Crippen LogP contribution in [0.4, 0.5) is 14.5 Å². The van der Waals surface area contributed by atoms with E-state index < -0.39 is 0 Å². The van der Waals surface area contributed by atoms with Crippen molar-refractivity contribution >= 4 is 5.69 Å². The second kappa shape index (κ2) is 5.83. The van der Waals surface area contributed by atoms with E-state index in [9.17, 15) is 8.78 Å². The van der Waals surface area contributed by atoms with Gasteiger partial charge in [0.25, 0.3) is 0 Å². The van der Waals surface area contributed by atoms with E-state index in [1.165, 1.54) is 12.1 Å². The third-order valence-corrected chi connectivity index (χ3v) is 2.64. The first kappa shape index (κ1) is 12.9. The quantitative estimate of drug-likeness (QED) is 0.792. The van der Waals surface area contributed by atoms with E-state index in [0.29, 0.717) is 5.56 Å². The summed E-state index contributed by atoms with van der Waals surface area (Å²) >= 11 is 0. The van der Waals surface area contributed by atoms with Crippen molar-refractivity contribution in [3.8, 4) is 0 Å². The van der Waals surface area contributed by atoms with E-state index in [1.54, 1.807) is 6.92 Å².